The van der Waals surface area contributed by atoms with Gasteiger partial charge in [-0.15, -0.1) is 0 Å². The fourth-order valence-electron chi connectivity index (χ4n) is 1.86. The van der Waals surface area contributed by atoms with Crippen molar-refractivity contribution in [3.63, 3.8) is 0 Å². The number of halogens is 1. The van der Waals surface area contributed by atoms with Crippen LogP contribution in [-0.2, 0) is 6.42 Å². The maximum atomic E-state index is 10.9. The van der Waals surface area contributed by atoms with Crippen molar-refractivity contribution in [3.8, 4) is 5.75 Å². The van der Waals surface area contributed by atoms with E-state index in [9.17, 15) is 25.3 Å². The second kappa shape index (κ2) is 5.76. The maximum Gasteiger partial charge on any atom is 0.317 e. The lowest BCUT2D eigenvalue weighted by atomic mass is 10.0. The van der Waals surface area contributed by atoms with Gasteiger partial charge in [-0.2, -0.15) is 0 Å². The molecule has 1 N–H and O–H groups in total. The van der Waals surface area contributed by atoms with E-state index in [1.54, 1.807) is 24.3 Å². The lowest BCUT2D eigenvalue weighted by Gasteiger charge is -2.06. The number of non-ortho nitro benzene ring substituents is 1. The predicted molar refractivity (Wildman–Crippen MR) is 75.7 cm³/mol. The molecule has 0 heterocycles. The molecule has 0 unspecified atom stereocenters. The first kappa shape index (κ1) is 14.7. The summed E-state index contributed by atoms with van der Waals surface area (Å²) in [5, 5.41) is 32.1. The van der Waals surface area contributed by atoms with Gasteiger partial charge in [-0.1, -0.05) is 23.7 Å². The van der Waals surface area contributed by atoms with Crippen molar-refractivity contribution in [3.05, 3.63) is 72.8 Å². The van der Waals surface area contributed by atoms with E-state index in [0.717, 1.165) is 12.1 Å². The van der Waals surface area contributed by atoms with Crippen LogP contribution in [0.25, 0.3) is 0 Å². The van der Waals surface area contributed by atoms with Crippen LogP contribution < -0.4 is 0 Å². The highest BCUT2D eigenvalue weighted by atomic mass is 35.5. The van der Waals surface area contributed by atoms with Crippen LogP contribution in [0.2, 0.25) is 5.02 Å². The van der Waals surface area contributed by atoms with Gasteiger partial charge < -0.3 is 5.11 Å². The topological polar surface area (TPSA) is 107 Å². The van der Waals surface area contributed by atoms with Gasteiger partial charge >= 0.3 is 5.69 Å². The highest BCUT2D eigenvalue weighted by Crippen LogP contribution is 2.35. The molecule has 0 amide bonds. The van der Waals surface area contributed by atoms with Crippen molar-refractivity contribution in [1.82, 2.24) is 0 Å². The molecule has 0 aliphatic rings. The van der Waals surface area contributed by atoms with Crippen LogP contribution in [0.3, 0.4) is 0 Å². The van der Waals surface area contributed by atoms with Gasteiger partial charge in [0.05, 0.1) is 15.9 Å². The number of benzene rings is 2. The van der Waals surface area contributed by atoms with E-state index in [0.29, 0.717) is 10.6 Å². The third kappa shape index (κ3) is 3.26. The summed E-state index contributed by atoms with van der Waals surface area (Å²) in [4.78, 5) is 20.1. The van der Waals surface area contributed by atoms with Crippen LogP contribution in [0.5, 0.6) is 5.75 Å². The molecule has 2 aromatic carbocycles. The molecule has 0 saturated carbocycles. The molecular formula is C13H9ClN2O5. The Labute approximate surface area is 123 Å². The Kier molecular flexibility index (Phi) is 4.04. The molecule has 21 heavy (non-hydrogen) atoms. The Bertz CT molecular complexity index is 715. The number of nitro benzene ring substituents is 2. The minimum Gasteiger partial charge on any atom is -0.502 e. The molecule has 108 valence electrons. The fraction of sp³-hybridized carbons (Fsp3) is 0.0769. The van der Waals surface area contributed by atoms with Crippen LogP contribution in [0.4, 0.5) is 11.4 Å². The number of nitro groups is 2. The van der Waals surface area contributed by atoms with E-state index in [1.807, 2.05) is 0 Å². The number of aromatic hydroxyl groups is 1. The van der Waals surface area contributed by atoms with Gasteiger partial charge in [-0.25, -0.2) is 0 Å². The highest BCUT2D eigenvalue weighted by Gasteiger charge is 2.23. The monoisotopic (exact) mass is 308 g/mol. The van der Waals surface area contributed by atoms with E-state index in [2.05, 4.69) is 0 Å². The zero-order chi connectivity index (χ0) is 15.6. The van der Waals surface area contributed by atoms with Gasteiger partial charge in [0.15, 0.2) is 5.75 Å². The van der Waals surface area contributed by atoms with E-state index >= 15 is 0 Å². The largest absolute Gasteiger partial charge is 0.502 e. The normalized spacial score (nSPS) is 10.3. The summed E-state index contributed by atoms with van der Waals surface area (Å²) in [5.41, 5.74) is -0.306. The lowest BCUT2D eigenvalue weighted by molar-refractivity contribution is -0.394. The number of phenols is 1. The molecular weight excluding hydrogens is 300 g/mol. The van der Waals surface area contributed by atoms with E-state index in [4.69, 9.17) is 11.6 Å². The van der Waals surface area contributed by atoms with Crippen molar-refractivity contribution in [2.75, 3.05) is 0 Å². The minimum absolute atomic E-state index is 0.109. The maximum absolute atomic E-state index is 10.9. The van der Waals surface area contributed by atoms with Gasteiger partial charge in [0.2, 0.25) is 0 Å². The molecule has 0 aromatic heterocycles. The molecule has 0 saturated heterocycles. The molecule has 0 spiro atoms. The minimum atomic E-state index is -0.853. The van der Waals surface area contributed by atoms with Gasteiger partial charge in [0.25, 0.3) is 5.69 Å². The first-order valence-electron chi connectivity index (χ1n) is 5.77. The molecule has 0 atom stereocenters. The van der Waals surface area contributed by atoms with E-state index in [-0.39, 0.29) is 12.0 Å². The smallest absolute Gasteiger partial charge is 0.317 e. The molecule has 0 aliphatic heterocycles. The van der Waals surface area contributed by atoms with Crippen molar-refractivity contribution in [1.29, 1.82) is 0 Å². The summed E-state index contributed by atoms with van der Waals surface area (Å²) in [6.07, 6.45) is 0.117. The summed E-state index contributed by atoms with van der Waals surface area (Å²) in [6.45, 7) is 0. The molecule has 8 heteroatoms. The summed E-state index contributed by atoms with van der Waals surface area (Å²) >= 11 is 5.75. The van der Waals surface area contributed by atoms with Crippen LogP contribution >= 0.6 is 11.6 Å². The standard InChI is InChI=1S/C13H9ClN2O5/c14-10-3-1-8(2-4-10)5-9-6-11(15(18)19)7-12(13(9)17)16(20)21/h1-4,6-7,17H,5H2. The molecule has 0 bridgehead atoms. The number of phenolic OH excluding ortho intramolecular Hbond substituents is 1. The molecule has 0 radical (unpaired) electrons. The molecule has 0 aliphatic carbocycles. The van der Waals surface area contributed by atoms with Gasteiger partial charge in [-0.05, 0) is 17.7 Å². The zero-order valence-corrected chi connectivity index (χ0v) is 11.3. The second-order valence-electron chi connectivity index (χ2n) is 4.29. The van der Waals surface area contributed by atoms with Crippen LogP contribution in [0.1, 0.15) is 11.1 Å². The number of nitrogens with zero attached hydrogens (tertiary/aromatic N) is 2. The van der Waals surface area contributed by atoms with Crippen molar-refractivity contribution in [2.24, 2.45) is 0 Å². The molecule has 0 fully saturated rings. The Morgan fingerprint density at radius 3 is 2.19 bits per heavy atom. The van der Waals surface area contributed by atoms with Gasteiger partial charge in [0.1, 0.15) is 0 Å². The average Bonchev–Trinajstić information content (AvgIpc) is 2.42. The Hall–Kier alpha value is -2.67. The Morgan fingerprint density at radius 2 is 1.67 bits per heavy atom. The summed E-state index contributed by atoms with van der Waals surface area (Å²) in [6, 6.07) is 8.45. The Balaban J connectivity index is 2.48. The van der Waals surface area contributed by atoms with E-state index < -0.39 is 27.0 Å². The first-order valence-corrected chi connectivity index (χ1v) is 6.15. The average molecular weight is 309 g/mol. The third-order valence-electron chi connectivity index (χ3n) is 2.87. The number of hydrogen-bond acceptors (Lipinski definition) is 5. The van der Waals surface area contributed by atoms with Crippen molar-refractivity contribution >= 4 is 23.0 Å². The molecule has 2 rings (SSSR count). The Morgan fingerprint density at radius 1 is 1.05 bits per heavy atom. The fourth-order valence-corrected chi connectivity index (χ4v) is 1.99. The van der Waals surface area contributed by atoms with Gasteiger partial charge in [0, 0.05) is 23.1 Å². The summed E-state index contributed by atoms with van der Waals surface area (Å²) in [7, 11) is 0. The first-order chi connectivity index (χ1) is 9.88. The second-order valence-corrected chi connectivity index (χ2v) is 4.73. The van der Waals surface area contributed by atoms with E-state index in [1.165, 1.54) is 0 Å². The molecule has 7 nitrogen and oxygen atoms in total. The quantitative estimate of drug-likeness (QED) is 0.687. The van der Waals surface area contributed by atoms with Crippen LogP contribution in [-0.4, -0.2) is 15.0 Å². The predicted octanol–water partition coefficient (Wildman–Crippen LogP) is 3.45. The van der Waals surface area contributed by atoms with Crippen molar-refractivity contribution in [2.45, 2.75) is 6.42 Å². The van der Waals surface area contributed by atoms with Crippen LogP contribution in [0.15, 0.2) is 36.4 Å². The van der Waals surface area contributed by atoms with Gasteiger partial charge in [-0.3, -0.25) is 20.2 Å². The highest BCUT2D eigenvalue weighted by molar-refractivity contribution is 6.30. The number of rotatable bonds is 4. The number of hydrogen-bond donors (Lipinski definition) is 1. The SMILES string of the molecule is O=[N+]([O-])c1cc(Cc2ccc(Cl)cc2)c(O)c([N+](=O)[O-])c1. The summed E-state index contributed by atoms with van der Waals surface area (Å²) in [5.74, 6) is -0.569. The third-order valence-corrected chi connectivity index (χ3v) is 3.12. The van der Waals surface area contributed by atoms with Crippen molar-refractivity contribution < 1.29 is 15.0 Å². The molecule has 2 aromatic rings. The van der Waals surface area contributed by atoms with Crippen LogP contribution in [0, 0.1) is 20.2 Å². The zero-order valence-electron chi connectivity index (χ0n) is 10.5. The lowest BCUT2D eigenvalue weighted by Crippen LogP contribution is -1.98. The summed E-state index contributed by atoms with van der Waals surface area (Å²) < 4.78 is 0.